The standard InChI is InChI=1S/C22H21N3O3/c1-27-20-9-8-14(11-21(20)28-2)10-15-12-18-19(25-22(26)24-18)13-17(15)23-16-6-4-3-5-7-16/h3-9,11-13,23H,10H2,1-2H3,(H2,24,25,26). The van der Waals surface area contributed by atoms with Crippen molar-refractivity contribution in [3.05, 3.63) is 82.3 Å². The van der Waals surface area contributed by atoms with Crippen molar-refractivity contribution in [1.82, 2.24) is 9.97 Å². The molecule has 0 aliphatic heterocycles. The maximum Gasteiger partial charge on any atom is 0.323 e. The first-order valence-corrected chi connectivity index (χ1v) is 8.94. The Balaban J connectivity index is 1.76. The lowest BCUT2D eigenvalue weighted by molar-refractivity contribution is 0.354. The number of para-hydroxylation sites is 1. The van der Waals surface area contributed by atoms with Crippen molar-refractivity contribution in [2.45, 2.75) is 6.42 Å². The number of methoxy groups -OCH3 is 2. The van der Waals surface area contributed by atoms with E-state index in [1.165, 1.54) is 0 Å². The maximum atomic E-state index is 11.7. The van der Waals surface area contributed by atoms with Gasteiger partial charge in [-0.3, -0.25) is 0 Å². The van der Waals surface area contributed by atoms with E-state index in [1.54, 1.807) is 14.2 Å². The van der Waals surface area contributed by atoms with E-state index >= 15 is 0 Å². The molecule has 0 aliphatic rings. The van der Waals surface area contributed by atoms with E-state index in [0.29, 0.717) is 17.9 Å². The van der Waals surface area contributed by atoms with Gasteiger partial charge in [0.15, 0.2) is 11.5 Å². The number of imidazole rings is 1. The first-order chi connectivity index (χ1) is 13.7. The predicted octanol–water partition coefficient (Wildman–Crippen LogP) is 4.21. The number of aromatic nitrogens is 2. The molecule has 0 aliphatic carbocycles. The molecule has 0 bridgehead atoms. The molecule has 1 aromatic heterocycles. The van der Waals surface area contributed by atoms with Crippen LogP contribution in [-0.2, 0) is 6.42 Å². The fraction of sp³-hybridized carbons (Fsp3) is 0.136. The van der Waals surface area contributed by atoms with Crippen LogP contribution >= 0.6 is 0 Å². The van der Waals surface area contributed by atoms with Crippen molar-refractivity contribution in [2.24, 2.45) is 0 Å². The number of ether oxygens (including phenoxy) is 2. The van der Waals surface area contributed by atoms with Crippen LogP contribution in [0.2, 0.25) is 0 Å². The summed E-state index contributed by atoms with van der Waals surface area (Å²) in [4.78, 5) is 17.4. The zero-order valence-corrected chi connectivity index (χ0v) is 15.7. The Labute approximate surface area is 162 Å². The third kappa shape index (κ3) is 3.57. The average molecular weight is 375 g/mol. The largest absolute Gasteiger partial charge is 0.493 e. The Kier molecular flexibility index (Phi) is 4.76. The number of aromatic amines is 2. The SMILES string of the molecule is COc1ccc(Cc2cc3[nH]c(=O)[nH]c3cc2Nc2ccccc2)cc1OC. The van der Waals surface area contributed by atoms with Crippen LogP contribution in [0.3, 0.4) is 0 Å². The molecule has 28 heavy (non-hydrogen) atoms. The van der Waals surface area contributed by atoms with Crippen LogP contribution in [0.4, 0.5) is 11.4 Å². The van der Waals surface area contributed by atoms with E-state index in [-0.39, 0.29) is 5.69 Å². The average Bonchev–Trinajstić information content (AvgIpc) is 3.07. The first-order valence-electron chi connectivity index (χ1n) is 8.94. The molecule has 0 radical (unpaired) electrons. The number of fused-ring (bicyclic) bond motifs is 1. The Bertz CT molecular complexity index is 1160. The number of nitrogens with one attached hydrogen (secondary N) is 3. The fourth-order valence-corrected chi connectivity index (χ4v) is 3.28. The van der Waals surface area contributed by atoms with Crippen molar-refractivity contribution < 1.29 is 9.47 Å². The van der Waals surface area contributed by atoms with Gasteiger partial charge in [-0.1, -0.05) is 24.3 Å². The molecule has 3 aromatic carbocycles. The van der Waals surface area contributed by atoms with Crippen LogP contribution in [-0.4, -0.2) is 24.2 Å². The second kappa shape index (κ2) is 7.52. The molecule has 0 fully saturated rings. The normalized spacial score (nSPS) is 10.8. The lowest BCUT2D eigenvalue weighted by Gasteiger charge is -2.14. The molecule has 6 heteroatoms. The molecule has 6 nitrogen and oxygen atoms in total. The molecule has 0 saturated carbocycles. The number of hydrogen-bond acceptors (Lipinski definition) is 4. The van der Waals surface area contributed by atoms with Gasteiger partial charge in [0.05, 0.1) is 25.3 Å². The van der Waals surface area contributed by atoms with E-state index < -0.39 is 0 Å². The molecular weight excluding hydrogens is 354 g/mol. The van der Waals surface area contributed by atoms with Gasteiger partial charge in [-0.05, 0) is 53.9 Å². The van der Waals surface area contributed by atoms with Gasteiger partial charge < -0.3 is 24.8 Å². The second-order valence-electron chi connectivity index (χ2n) is 6.49. The molecule has 1 heterocycles. The quantitative estimate of drug-likeness (QED) is 0.472. The van der Waals surface area contributed by atoms with Crippen molar-refractivity contribution in [1.29, 1.82) is 0 Å². The summed E-state index contributed by atoms with van der Waals surface area (Å²) in [5.41, 5.74) is 5.37. The molecule has 4 aromatic rings. The number of benzene rings is 3. The Morgan fingerprint density at radius 2 is 1.57 bits per heavy atom. The minimum Gasteiger partial charge on any atom is -0.493 e. The summed E-state index contributed by atoms with van der Waals surface area (Å²) in [5, 5.41) is 3.45. The predicted molar refractivity (Wildman–Crippen MR) is 111 cm³/mol. The van der Waals surface area contributed by atoms with Gasteiger partial charge in [0.2, 0.25) is 0 Å². The summed E-state index contributed by atoms with van der Waals surface area (Å²) >= 11 is 0. The van der Waals surface area contributed by atoms with E-state index in [9.17, 15) is 4.79 Å². The first kappa shape index (κ1) is 17.7. The van der Waals surface area contributed by atoms with E-state index in [1.807, 2.05) is 60.7 Å². The van der Waals surface area contributed by atoms with Gasteiger partial charge in [-0.15, -0.1) is 0 Å². The van der Waals surface area contributed by atoms with Gasteiger partial charge in [0.1, 0.15) is 0 Å². The Hall–Kier alpha value is -3.67. The highest BCUT2D eigenvalue weighted by Crippen LogP contribution is 2.31. The second-order valence-corrected chi connectivity index (χ2v) is 6.49. The lowest BCUT2D eigenvalue weighted by Crippen LogP contribution is -1.99. The fourth-order valence-electron chi connectivity index (χ4n) is 3.28. The molecule has 3 N–H and O–H groups in total. The molecule has 0 amide bonds. The molecule has 0 spiro atoms. The highest BCUT2D eigenvalue weighted by molar-refractivity contribution is 5.82. The third-order valence-corrected chi connectivity index (χ3v) is 4.64. The molecule has 0 atom stereocenters. The molecule has 142 valence electrons. The molecule has 4 rings (SSSR count). The van der Waals surface area contributed by atoms with Crippen molar-refractivity contribution in [3.8, 4) is 11.5 Å². The summed E-state index contributed by atoms with van der Waals surface area (Å²) in [6.45, 7) is 0. The number of hydrogen-bond donors (Lipinski definition) is 3. The zero-order chi connectivity index (χ0) is 19.5. The minimum atomic E-state index is -0.219. The van der Waals surface area contributed by atoms with Crippen molar-refractivity contribution in [2.75, 3.05) is 19.5 Å². The lowest BCUT2D eigenvalue weighted by atomic mass is 10.0. The van der Waals surface area contributed by atoms with Crippen molar-refractivity contribution in [3.63, 3.8) is 0 Å². The van der Waals surface area contributed by atoms with Crippen LogP contribution in [0.25, 0.3) is 11.0 Å². The number of rotatable bonds is 6. The summed E-state index contributed by atoms with van der Waals surface area (Å²) in [6, 6.07) is 19.8. The van der Waals surface area contributed by atoms with Gasteiger partial charge in [-0.2, -0.15) is 0 Å². The van der Waals surface area contributed by atoms with Crippen LogP contribution in [0.1, 0.15) is 11.1 Å². The Morgan fingerprint density at radius 1 is 0.857 bits per heavy atom. The topological polar surface area (TPSA) is 79.1 Å². The van der Waals surface area contributed by atoms with Crippen LogP contribution in [0.15, 0.2) is 65.5 Å². The molecule has 0 unspecified atom stereocenters. The number of anilines is 2. The van der Waals surface area contributed by atoms with Crippen LogP contribution in [0.5, 0.6) is 11.5 Å². The molecular formula is C22H21N3O3. The monoisotopic (exact) mass is 375 g/mol. The summed E-state index contributed by atoms with van der Waals surface area (Å²) in [6.07, 6.45) is 0.665. The molecule has 0 saturated heterocycles. The summed E-state index contributed by atoms with van der Waals surface area (Å²) in [7, 11) is 3.25. The van der Waals surface area contributed by atoms with E-state index in [4.69, 9.17) is 9.47 Å². The Morgan fingerprint density at radius 3 is 2.29 bits per heavy atom. The summed E-state index contributed by atoms with van der Waals surface area (Å²) in [5.74, 6) is 1.38. The van der Waals surface area contributed by atoms with Gasteiger partial charge in [-0.25, -0.2) is 4.79 Å². The van der Waals surface area contributed by atoms with Crippen molar-refractivity contribution >= 4 is 22.4 Å². The van der Waals surface area contributed by atoms with Crippen LogP contribution < -0.4 is 20.5 Å². The van der Waals surface area contributed by atoms with Gasteiger partial charge in [0, 0.05) is 11.4 Å². The smallest absolute Gasteiger partial charge is 0.323 e. The summed E-state index contributed by atoms with van der Waals surface area (Å²) < 4.78 is 10.7. The van der Waals surface area contributed by atoms with Gasteiger partial charge >= 0.3 is 5.69 Å². The number of H-pyrrole nitrogens is 2. The van der Waals surface area contributed by atoms with E-state index in [0.717, 1.165) is 33.5 Å². The highest BCUT2D eigenvalue weighted by atomic mass is 16.5. The highest BCUT2D eigenvalue weighted by Gasteiger charge is 2.11. The minimum absolute atomic E-state index is 0.219. The maximum absolute atomic E-state index is 11.7. The van der Waals surface area contributed by atoms with E-state index in [2.05, 4.69) is 15.3 Å². The van der Waals surface area contributed by atoms with Crippen LogP contribution in [0, 0.1) is 0 Å². The third-order valence-electron chi connectivity index (χ3n) is 4.64. The zero-order valence-electron chi connectivity index (χ0n) is 15.7. The van der Waals surface area contributed by atoms with Gasteiger partial charge in [0.25, 0.3) is 0 Å².